The molecule has 6 nitrogen and oxygen atoms in total. The molecule has 1 aromatic heterocycles. The van der Waals surface area contributed by atoms with Gasteiger partial charge in [0.2, 0.25) is 5.95 Å². The number of benzene rings is 1. The van der Waals surface area contributed by atoms with Gasteiger partial charge in [0.1, 0.15) is 6.61 Å². The molecular weight excluding hydrogens is 396 g/mol. The van der Waals surface area contributed by atoms with E-state index in [4.69, 9.17) is 14.0 Å². The second kappa shape index (κ2) is 8.39. The minimum atomic E-state index is -0.595. The first-order valence-electron chi connectivity index (χ1n) is 11.1. The van der Waals surface area contributed by atoms with Crippen molar-refractivity contribution in [2.75, 3.05) is 18.1 Å². The summed E-state index contributed by atoms with van der Waals surface area (Å²) in [5.41, 5.74) is 0.828. The Bertz CT molecular complexity index is 907. The van der Waals surface area contributed by atoms with Gasteiger partial charge in [0, 0.05) is 18.9 Å². The second-order valence-corrected chi connectivity index (χ2v) is 9.32. The van der Waals surface area contributed by atoms with E-state index < -0.39 is 24.1 Å². The Morgan fingerprint density at radius 1 is 1.16 bits per heavy atom. The molecule has 0 bridgehead atoms. The van der Waals surface area contributed by atoms with E-state index in [0.29, 0.717) is 18.0 Å². The highest BCUT2D eigenvalue weighted by Gasteiger charge is 2.51. The van der Waals surface area contributed by atoms with Crippen LogP contribution in [0.1, 0.15) is 53.0 Å². The summed E-state index contributed by atoms with van der Waals surface area (Å²) in [5.74, 6) is 0.523. The molecule has 2 aliphatic rings. The molecular formula is C23H31BFN3O3. The van der Waals surface area contributed by atoms with E-state index in [9.17, 15) is 4.39 Å². The summed E-state index contributed by atoms with van der Waals surface area (Å²) in [5, 5.41) is 0. The first kappa shape index (κ1) is 22.0. The van der Waals surface area contributed by atoms with E-state index in [1.807, 2.05) is 40.1 Å². The number of anilines is 1. The zero-order valence-electron chi connectivity index (χ0n) is 19.0. The smallest absolute Gasteiger partial charge is 0.488 e. The van der Waals surface area contributed by atoms with Crippen LogP contribution in [0.4, 0.5) is 10.3 Å². The summed E-state index contributed by atoms with van der Waals surface area (Å²) in [4.78, 5) is 11.1. The van der Waals surface area contributed by atoms with Gasteiger partial charge < -0.3 is 18.9 Å². The van der Waals surface area contributed by atoms with E-state index in [0.717, 1.165) is 31.4 Å². The van der Waals surface area contributed by atoms with E-state index in [-0.39, 0.29) is 11.8 Å². The molecule has 0 spiro atoms. The molecule has 2 aliphatic heterocycles. The van der Waals surface area contributed by atoms with E-state index in [1.165, 1.54) is 6.07 Å². The Hall–Kier alpha value is -2.19. The maximum absolute atomic E-state index is 14.8. The molecule has 0 N–H and O–H groups in total. The largest absolute Gasteiger partial charge is 0.494 e. The van der Waals surface area contributed by atoms with Crippen LogP contribution in [0.2, 0.25) is 0 Å². The molecule has 3 heterocycles. The monoisotopic (exact) mass is 427 g/mol. The van der Waals surface area contributed by atoms with Crippen LogP contribution in [0.5, 0.6) is 5.75 Å². The van der Waals surface area contributed by atoms with Gasteiger partial charge in [0.05, 0.1) is 17.2 Å². The maximum Gasteiger partial charge on any atom is 0.494 e. The highest BCUT2D eigenvalue weighted by atomic mass is 19.1. The topological polar surface area (TPSA) is 56.7 Å². The Morgan fingerprint density at radius 3 is 2.45 bits per heavy atom. The summed E-state index contributed by atoms with van der Waals surface area (Å²) in [6.45, 7) is 11.3. The van der Waals surface area contributed by atoms with Crippen molar-refractivity contribution < 1.29 is 18.4 Å². The standard InChI is InChI=1S/C23H31BFN3O3/c1-6-16-13-26-21(27-14-16)28-11-7-8-18(28)15-29-20-10-9-17(12-19(20)25)24-30-22(2,3)23(4,5)31-24/h9-10,12-14,18H,6-8,11,15H2,1-5H3/t18-/m0/s1. The van der Waals surface area contributed by atoms with Crippen LogP contribution in [-0.2, 0) is 15.7 Å². The molecule has 1 atom stereocenters. The van der Waals surface area contributed by atoms with Crippen molar-refractivity contribution in [3.63, 3.8) is 0 Å². The van der Waals surface area contributed by atoms with E-state index in [1.54, 1.807) is 12.1 Å². The highest BCUT2D eigenvalue weighted by molar-refractivity contribution is 6.62. The lowest BCUT2D eigenvalue weighted by Crippen LogP contribution is -2.41. The molecule has 0 amide bonds. The van der Waals surface area contributed by atoms with Crippen LogP contribution in [0, 0.1) is 5.82 Å². The molecule has 0 unspecified atom stereocenters. The zero-order chi connectivity index (χ0) is 22.2. The Balaban J connectivity index is 1.40. The fraction of sp³-hybridized carbons (Fsp3) is 0.565. The van der Waals surface area contributed by atoms with Crippen molar-refractivity contribution in [2.45, 2.75) is 71.1 Å². The third-order valence-electron chi connectivity index (χ3n) is 6.65. The molecule has 166 valence electrons. The van der Waals surface area contributed by atoms with E-state index >= 15 is 0 Å². The third-order valence-corrected chi connectivity index (χ3v) is 6.65. The van der Waals surface area contributed by atoms with Gasteiger partial charge in [0.25, 0.3) is 0 Å². The number of hydrogen-bond donors (Lipinski definition) is 0. The van der Waals surface area contributed by atoms with Crippen LogP contribution in [0.15, 0.2) is 30.6 Å². The van der Waals surface area contributed by atoms with Gasteiger partial charge in [-0.15, -0.1) is 0 Å². The van der Waals surface area contributed by atoms with Crippen LogP contribution in [-0.4, -0.2) is 47.5 Å². The molecule has 8 heteroatoms. The minimum absolute atomic E-state index is 0.120. The summed E-state index contributed by atoms with van der Waals surface area (Å²) in [6.07, 6.45) is 6.65. The Morgan fingerprint density at radius 2 is 1.84 bits per heavy atom. The van der Waals surface area contributed by atoms with Crippen LogP contribution >= 0.6 is 0 Å². The summed E-state index contributed by atoms with van der Waals surface area (Å²) in [7, 11) is -0.595. The van der Waals surface area contributed by atoms with Crippen molar-refractivity contribution in [3.05, 3.63) is 42.0 Å². The van der Waals surface area contributed by atoms with Crippen molar-refractivity contribution in [3.8, 4) is 5.75 Å². The van der Waals surface area contributed by atoms with Gasteiger partial charge in [-0.1, -0.05) is 13.0 Å². The fourth-order valence-corrected chi connectivity index (χ4v) is 3.90. The molecule has 2 saturated heterocycles. The van der Waals surface area contributed by atoms with Gasteiger partial charge >= 0.3 is 7.12 Å². The number of aryl methyl sites for hydroxylation is 1. The summed E-state index contributed by atoms with van der Waals surface area (Å²) < 4.78 is 32.7. The lowest BCUT2D eigenvalue weighted by Gasteiger charge is -2.32. The predicted molar refractivity (Wildman–Crippen MR) is 119 cm³/mol. The highest BCUT2D eigenvalue weighted by Crippen LogP contribution is 2.36. The molecule has 4 rings (SSSR count). The van der Waals surface area contributed by atoms with Crippen molar-refractivity contribution in [2.24, 2.45) is 0 Å². The Kier molecular flexibility index (Phi) is 5.96. The molecule has 31 heavy (non-hydrogen) atoms. The lowest BCUT2D eigenvalue weighted by atomic mass is 9.79. The first-order valence-corrected chi connectivity index (χ1v) is 11.1. The van der Waals surface area contributed by atoms with E-state index in [2.05, 4.69) is 21.8 Å². The average Bonchev–Trinajstić information content (AvgIpc) is 3.28. The van der Waals surface area contributed by atoms with Gasteiger partial charge in [0.15, 0.2) is 11.6 Å². The van der Waals surface area contributed by atoms with Crippen LogP contribution < -0.4 is 15.1 Å². The van der Waals surface area contributed by atoms with Crippen molar-refractivity contribution in [1.29, 1.82) is 0 Å². The SMILES string of the molecule is CCc1cnc(N2CCC[C@H]2COc2ccc(B3OC(C)(C)C(C)(C)O3)cc2F)nc1. The molecule has 2 fully saturated rings. The molecule has 0 saturated carbocycles. The Labute approximate surface area is 184 Å². The van der Waals surface area contributed by atoms with Gasteiger partial charge in [-0.25, -0.2) is 14.4 Å². The third kappa shape index (κ3) is 4.41. The molecule has 2 aromatic rings. The number of nitrogens with zero attached hydrogens (tertiary/aromatic N) is 3. The average molecular weight is 427 g/mol. The summed E-state index contributed by atoms with van der Waals surface area (Å²) in [6, 6.07) is 5.02. The predicted octanol–water partition coefficient (Wildman–Crippen LogP) is 3.53. The maximum atomic E-state index is 14.8. The van der Waals surface area contributed by atoms with Crippen LogP contribution in [0.3, 0.4) is 0 Å². The van der Waals surface area contributed by atoms with Gasteiger partial charge in [-0.3, -0.25) is 0 Å². The van der Waals surface area contributed by atoms with Crippen molar-refractivity contribution in [1.82, 2.24) is 9.97 Å². The van der Waals surface area contributed by atoms with Gasteiger partial charge in [-0.2, -0.15) is 0 Å². The molecule has 0 aliphatic carbocycles. The molecule has 0 radical (unpaired) electrons. The fourth-order valence-electron chi connectivity index (χ4n) is 3.90. The number of aromatic nitrogens is 2. The minimum Gasteiger partial charge on any atom is -0.488 e. The van der Waals surface area contributed by atoms with Crippen LogP contribution in [0.25, 0.3) is 0 Å². The number of halogens is 1. The number of hydrogen-bond acceptors (Lipinski definition) is 6. The lowest BCUT2D eigenvalue weighted by molar-refractivity contribution is 0.00578. The number of rotatable bonds is 6. The zero-order valence-corrected chi connectivity index (χ0v) is 19.0. The molecule has 1 aromatic carbocycles. The second-order valence-electron chi connectivity index (χ2n) is 9.32. The summed E-state index contributed by atoms with van der Waals surface area (Å²) >= 11 is 0. The number of ether oxygens (including phenoxy) is 1. The normalized spacial score (nSPS) is 22.2. The first-order chi connectivity index (χ1) is 14.7. The quantitative estimate of drug-likeness (QED) is 0.658. The van der Waals surface area contributed by atoms with Crippen molar-refractivity contribution >= 4 is 18.5 Å². The van der Waals surface area contributed by atoms with Gasteiger partial charge in [-0.05, 0) is 70.1 Å².